The molecular weight excluding hydrogens is 382 g/mol. The van der Waals surface area contributed by atoms with Crippen molar-refractivity contribution in [2.75, 3.05) is 13.1 Å². The summed E-state index contributed by atoms with van der Waals surface area (Å²) in [5, 5.41) is 3.66. The Bertz CT molecular complexity index is 956. The van der Waals surface area contributed by atoms with Crippen molar-refractivity contribution in [2.45, 2.75) is 45.3 Å². The highest BCUT2D eigenvalue weighted by atomic mass is 35.5. The first kappa shape index (κ1) is 20.2. The van der Waals surface area contributed by atoms with Gasteiger partial charge in [0.25, 0.3) is 5.91 Å². The van der Waals surface area contributed by atoms with Gasteiger partial charge in [-0.15, -0.1) is 0 Å². The maximum absolute atomic E-state index is 12.8. The standard InChI is InChI=1S/C20H24ClN3O4/c1-20(2,3)28-19(27)23-13-6-8-24(9-7-13)18(26)15-11-22-16-5-4-12(21)10-14(16)17(15)25/h4-5,10-11,13H,6-9H2,1-3H3,(H,22,25)(H,23,27). The van der Waals surface area contributed by atoms with Crippen LogP contribution < -0.4 is 10.7 Å². The minimum Gasteiger partial charge on any atom is -0.444 e. The van der Waals surface area contributed by atoms with E-state index in [0.717, 1.165) is 0 Å². The molecule has 0 aliphatic carbocycles. The molecule has 8 heteroatoms. The number of piperidine rings is 1. The van der Waals surface area contributed by atoms with Crippen LogP contribution in [0.25, 0.3) is 10.9 Å². The molecule has 7 nitrogen and oxygen atoms in total. The molecule has 1 fully saturated rings. The smallest absolute Gasteiger partial charge is 0.407 e. The first-order chi connectivity index (χ1) is 13.1. The Balaban J connectivity index is 1.66. The van der Waals surface area contributed by atoms with Gasteiger partial charge in [-0.2, -0.15) is 0 Å². The number of hydrogen-bond acceptors (Lipinski definition) is 4. The number of fused-ring (bicyclic) bond motifs is 1. The van der Waals surface area contributed by atoms with E-state index in [4.69, 9.17) is 16.3 Å². The number of ether oxygens (including phenoxy) is 1. The molecule has 1 aliphatic rings. The fourth-order valence-electron chi connectivity index (χ4n) is 3.22. The quantitative estimate of drug-likeness (QED) is 0.801. The normalized spacial score (nSPS) is 15.5. The Morgan fingerprint density at radius 3 is 2.57 bits per heavy atom. The van der Waals surface area contributed by atoms with E-state index in [1.54, 1.807) is 23.1 Å². The summed E-state index contributed by atoms with van der Waals surface area (Å²) in [5.41, 5.74) is -0.171. The number of rotatable bonds is 2. The Kier molecular flexibility index (Phi) is 5.65. The Morgan fingerprint density at radius 1 is 1.25 bits per heavy atom. The molecule has 1 aliphatic heterocycles. The van der Waals surface area contributed by atoms with Crippen LogP contribution in [0.1, 0.15) is 44.0 Å². The first-order valence-corrected chi connectivity index (χ1v) is 9.61. The van der Waals surface area contributed by atoms with E-state index < -0.39 is 11.7 Å². The average molecular weight is 406 g/mol. The van der Waals surface area contributed by atoms with Crippen molar-refractivity contribution in [1.82, 2.24) is 15.2 Å². The molecule has 1 aromatic carbocycles. The Hall–Kier alpha value is -2.54. The van der Waals surface area contributed by atoms with E-state index in [0.29, 0.717) is 41.9 Å². The third-order valence-electron chi connectivity index (χ3n) is 4.58. The molecule has 150 valence electrons. The molecule has 2 N–H and O–H groups in total. The summed E-state index contributed by atoms with van der Waals surface area (Å²) in [6.07, 6.45) is 2.19. The lowest BCUT2D eigenvalue weighted by Gasteiger charge is -2.32. The molecule has 0 unspecified atom stereocenters. The summed E-state index contributed by atoms with van der Waals surface area (Å²) in [6.45, 7) is 6.32. The highest BCUT2D eigenvalue weighted by Crippen LogP contribution is 2.17. The van der Waals surface area contributed by atoms with Gasteiger partial charge in [-0.1, -0.05) is 11.6 Å². The summed E-state index contributed by atoms with van der Waals surface area (Å²) in [4.78, 5) is 42.0. The van der Waals surface area contributed by atoms with Crippen LogP contribution in [-0.4, -0.2) is 46.6 Å². The highest BCUT2D eigenvalue weighted by molar-refractivity contribution is 6.31. The van der Waals surface area contributed by atoms with Gasteiger partial charge < -0.3 is 19.9 Å². The molecule has 2 amide bonds. The predicted octanol–water partition coefficient (Wildman–Crippen LogP) is 3.31. The van der Waals surface area contributed by atoms with Crippen molar-refractivity contribution in [3.8, 4) is 0 Å². The van der Waals surface area contributed by atoms with Crippen LogP contribution in [0, 0.1) is 0 Å². The van der Waals surface area contributed by atoms with Crippen LogP contribution >= 0.6 is 11.6 Å². The molecule has 1 aromatic heterocycles. The predicted molar refractivity (Wildman–Crippen MR) is 108 cm³/mol. The van der Waals surface area contributed by atoms with Gasteiger partial charge in [-0.25, -0.2) is 4.79 Å². The SMILES string of the molecule is CC(C)(C)OC(=O)NC1CCN(C(=O)c2c[nH]c3ccc(Cl)cc3c2=O)CC1. The monoisotopic (exact) mass is 405 g/mol. The summed E-state index contributed by atoms with van der Waals surface area (Å²) in [5.74, 6) is -0.321. The van der Waals surface area contributed by atoms with Crippen LogP contribution in [0.3, 0.4) is 0 Å². The number of H-pyrrole nitrogens is 1. The lowest BCUT2D eigenvalue weighted by Crippen LogP contribution is -2.48. The van der Waals surface area contributed by atoms with Gasteiger partial charge in [0.1, 0.15) is 11.2 Å². The maximum atomic E-state index is 12.8. The number of carbonyl (C=O) groups is 2. The van der Waals surface area contributed by atoms with E-state index >= 15 is 0 Å². The van der Waals surface area contributed by atoms with Crippen LogP contribution in [-0.2, 0) is 4.74 Å². The minimum atomic E-state index is -0.555. The van der Waals surface area contributed by atoms with Gasteiger partial charge >= 0.3 is 6.09 Å². The van der Waals surface area contributed by atoms with E-state index in [1.807, 2.05) is 20.8 Å². The molecule has 28 heavy (non-hydrogen) atoms. The number of nitrogens with zero attached hydrogens (tertiary/aromatic N) is 1. The summed E-state index contributed by atoms with van der Waals surface area (Å²) in [7, 11) is 0. The second kappa shape index (κ2) is 7.83. The zero-order valence-electron chi connectivity index (χ0n) is 16.2. The number of aromatic amines is 1. The first-order valence-electron chi connectivity index (χ1n) is 9.24. The average Bonchev–Trinajstić information content (AvgIpc) is 2.61. The van der Waals surface area contributed by atoms with Crippen molar-refractivity contribution in [1.29, 1.82) is 0 Å². The van der Waals surface area contributed by atoms with Crippen molar-refractivity contribution in [3.63, 3.8) is 0 Å². The molecule has 0 atom stereocenters. The number of likely N-dealkylation sites (tertiary alicyclic amines) is 1. The van der Waals surface area contributed by atoms with Gasteiger partial charge in [-0.05, 0) is 51.8 Å². The molecular formula is C20H24ClN3O4. The third kappa shape index (κ3) is 4.65. The van der Waals surface area contributed by atoms with Crippen LogP contribution in [0.2, 0.25) is 5.02 Å². The number of nitrogens with one attached hydrogen (secondary N) is 2. The molecule has 2 aromatic rings. The number of alkyl carbamates (subject to hydrolysis) is 1. The van der Waals surface area contributed by atoms with Gasteiger partial charge in [0.05, 0.1) is 0 Å². The van der Waals surface area contributed by atoms with Gasteiger partial charge in [0.15, 0.2) is 0 Å². The summed E-state index contributed by atoms with van der Waals surface area (Å²) >= 11 is 5.98. The van der Waals surface area contributed by atoms with Crippen molar-refractivity contribution in [3.05, 3.63) is 45.2 Å². The van der Waals surface area contributed by atoms with Gasteiger partial charge in [0.2, 0.25) is 5.43 Å². The largest absolute Gasteiger partial charge is 0.444 e. The second-order valence-electron chi connectivity index (χ2n) is 7.93. The molecule has 0 saturated carbocycles. The number of pyridine rings is 1. The molecule has 0 radical (unpaired) electrons. The molecule has 0 spiro atoms. The van der Waals surface area contributed by atoms with Crippen LogP contribution in [0.4, 0.5) is 4.79 Å². The maximum Gasteiger partial charge on any atom is 0.407 e. The summed E-state index contributed by atoms with van der Waals surface area (Å²) in [6, 6.07) is 4.89. The minimum absolute atomic E-state index is 0.0624. The lowest BCUT2D eigenvalue weighted by atomic mass is 10.0. The highest BCUT2D eigenvalue weighted by Gasteiger charge is 2.27. The van der Waals surface area contributed by atoms with E-state index in [2.05, 4.69) is 10.3 Å². The van der Waals surface area contributed by atoms with E-state index in [9.17, 15) is 14.4 Å². The number of amides is 2. The van der Waals surface area contributed by atoms with E-state index in [-0.39, 0.29) is 22.9 Å². The van der Waals surface area contributed by atoms with Crippen LogP contribution in [0.5, 0.6) is 0 Å². The molecule has 2 heterocycles. The Labute approximate surface area is 168 Å². The number of aromatic nitrogens is 1. The summed E-state index contributed by atoms with van der Waals surface area (Å²) < 4.78 is 5.26. The third-order valence-corrected chi connectivity index (χ3v) is 4.81. The molecule has 1 saturated heterocycles. The van der Waals surface area contributed by atoms with E-state index in [1.165, 1.54) is 6.20 Å². The molecule has 0 bridgehead atoms. The second-order valence-corrected chi connectivity index (χ2v) is 8.37. The lowest BCUT2D eigenvalue weighted by molar-refractivity contribution is 0.0473. The zero-order valence-corrected chi connectivity index (χ0v) is 16.9. The fraction of sp³-hybridized carbons (Fsp3) is 0.450. The van der Waals surface area contributed by atoms with Crippen molar-refractivity contribution < 1.29 is 14.3 Å². The Morgan fingerprint density at radius 2 is 1.93 bits per heavy atom. The number of hydrogen-bond donors (Lipinski definition) is 2. The van der Waals surface area contributed by atoms with Gasteiger partial charge in [0, 0.05) is 41.3 Å². The van der Waals surface area contributed by atoms with Gasteiger partial charge in [-0.3, -0.25) is 9.59 Å². The van der Waals surface area contributed by atoms with Crippen LogP contribution in [0.15, 0.2) is 29.2 Å². The number of carbonyl (C=O) groups excluding carboxylic acids is 2. The van der Waals surface area contributed by atoms with Crippen molar-refractivity contribution >= 4 is 34.5 Å². The number of benzene rings is 1. The van der Waals surface area contributed by atoms with Crippen molar-refractivity contribution in [2.24, 2.45) is 0 Å². The fourth-order valence-corrected chi connectivity index (χ4v) is 3.39. The number of halogens is 1. The molecule has 3 rings (SSSR count). The zero-order chi connectivity index (χ0) is 20.5. The topological polar surface area (TPSA) is 91.5 Å².